The van der Waals surface area contributed by atoms with Crippen LogP contribution in [0.4, 0.5) is 0 Å². The molecule has 0 bridgehead atoms. The van der Waals surface area contributed by atoms with Crippen molar-refractivity contribution in [1.29, 1.82) is 0 Å². The molecule has 0 atom stereocenters. The van der Waals surface area contributed by atoms with E-state index in [1.165, 1.54) is 70.8 Å². The minimum Gasteiger partial charge on any atom is -0.395 e. The molecule has 2 heteroatoms. The van der Waals surface area contributed by atoms with Crippen molar-refractivity contribution in [2.24, 2.45) is 0 Å². The van der Waals surface area contributed by atoms with Crippen LogP contribution in [0.3, 0.4) is 0 Å². The Morgan fingerprint density at radius 1 is 0.611 bits per heavy atom. The van der Waals surface area contributed by atoms with Gasteiger partial charge >= 0.3 is 0 Å². The van der Waals surface area contributed by atoms with Crippen molar-refractivity contribution in [3.63, 3.8) is 0 Å². The molecule has 18 heavy (non-hydrogen) atoms. The lowest BCUT2D eigenvalue weighted by Crippen LogP contribution is -2.29. The molecule has 1 N–H and O–H groups in total. The Morgan fingerprint density at radius 3 is 1.67 bits per heavy atom. The average molecular weight is 257 g/mol. The molecule has 0 aromatic rings. The van der Waals surface area contributed by atoms with Gasteiger partial charge in [0, 0.05) is 6.54 Å². The molecule has 0 aliphatic heterocycles. The second-order valence-corrected chi connectivity index (χ2v) is 5.39. The van der Waals surface area contributed by atoms with Crippen LogP contribution in [0.5, 0.6) is 0 Å². The first-order valence-electron chi connectivity index (χ1n) is 8.18. The van der Waals surface area contributed by atoms with Crippen molar-refractivity contribution in [2.75, 3.05) is 26.2 Å². The van der Waals surface area contributed by atoms with Crippen LogP contribution in [0.1, 0.15) is 78.1 Å². The number of rotatable bonds is 14. The quantitative estimate of drug-likeness (QED) is 0.471. The van der Waals surface area contributed by atoms with Gasteiger partial charge in [-0.2, -0.15) is 0 Å². The molecule has 2 nitrogen and oxygen atoms in total. The lowest BCUT2D eigenvalue weighted by atomic mass is 10.1. The summed E-state index contributed by atoms with van der Waals surface area (Å²) in [7, 11) is 0. The van der Waals surface area contributed by atoms with Gasteiger partial charge in [0.15, 0.2) is 0 Å². The normalized spacial score (nSPS) is 11.3. The topological polar surface area (TPSA) is 23.5 Å². The van der Waals surface area contributed by atoms with Crippen molar-refractivity contribution in [3.8, 4) is 0 Å². The Balaban J connectivity index is 3.31. The fourth-order valence-electron chi connectivity index (χ4n) is 2.33. The summed E-state index contributed by atoms with van der Waals surface area (Å²) < 4.78 is 0. The zero-order chi connectivity index (χ0) is 13.5. The van der Waals surface area contributed by atoms with Crippen LogP contribution >= 0.6 is 0 Å². The smallest absolute Gasteiger partial charge is 0.0558 e. The Morgan fingerprint density at radius 2 is 1.11 bits per heavy atom. The van der Waals surface area contributed by atoms with Crippen LogP contribution in [0.15, 0.2) is 0 Å². The van der Waals surface area contributed by atoms with Gasteiger partial charge in [0.1, 0.15) is 0 Å². The fraction of sp³-hybridized carbons (Fsp3) is 1.00. The van der Waals surface area contributed by atoms with Gasteiger partial charge in [-0.05, 0) is 25.9 Å². The Bertz CT molecular complexity index is 150. The standard InChI is InChI=1S/C16H35NO/c1-3-5-7-8-9-10-11-12-14-17(15-16-18)13-6-4-2/h18H,3-16H2,1-2H3. The Hall–Kier alpha value is -0.0800. The van der Waals surface area contributed by atoms with Gasteiger partial charge in [0.05, 0.1) is 6.61 Å². The monoisotopic (exact) mass is 257 g/mol. The highest BCUT2D eigenvalue weighted by molar-refractivity contribution is 4.57. The number of aliphatic hydroxyl groups is 1. The third-order valence-corrected chi connectivity index (χ3v) is 3.57. The zero-order valence-electron chi connectivity index (χ0n) is 12.8. The average Bonchev–Trinajstić information content (AvgIpc) is 2.39. The molecule has 0 radical (unpaired) electrons. The summed E-state index contributed by atoms with van der Waals surface area (Å²) in [6.07, 6.45) is 13.6. The number of hydrogen-bond acceptors (Lipinski definition) is 2. The van der Waals surface area contributed by atoms with Crippen LogP contribution < -0.4 is 0 Å². The maximum atomic E-state index is 9.02. The van der Waals surface area contributed by atoms with Gasteiger partial charge in [-0.1, -0.05) is 65.2 Å². The molecule has 0 spiro atoms. The largest absolute Gasteiger partial charge is 0.395 e. The van der Waals surface area contributed by atoms with E-state index in [9.17, 15) is 0 Å². The Kier molecular flexibility index (Phi) is 14.9. The van der Waals surface area contributed by atoms with Gasteiger partial charge < -0.3 is 10.0 Å². The van der Waals surface area contributed by atoms with E-state index < -0.39 is 0 Å². The van der Waals surface area contributed by atoms with E-state index >= 15 is 0 Å². The second-order valence-electron chi connectivity index (χ2n) is 5.39. The summed E-state index contributed by atoms with van der Waals surface area (Å²) in [6, 6.07) is 0. The highest BCUT2D eigenvalue weighted by Gasteiger charge is 2.02. The molecule has 0 heterocycles. The lowest BCUT2D eigenvalue weighted by molar-refractivity contribution is 0.191. The number of hydrogen-bond donors (Lipinski definition) is 1. The molecule has 0 aromatic heterocycles. The van der Waals surface area contributed by atoms with Gasteiger partial charge in [-0.25, -0.2) is 0 Å². The Labute approximate surface area is 115 Å². The second kappa shape index (κ2) is 15.0. The van der Waals surface area contributed by atoms with Crippen LogP contribution in [-0.2, 0) is 0 Å². The first kappa shape index (κ1) is 17.9. The van der Waals surface area contributed by atoms with Crippen molar-refractivity contribution in [3.05, 3.63) is 0 Å². The molecule has 0 rings (SSSR count). The van der Waals surface area contributed by atoms with Gasteiger partial charge in [-0.3, -0.25) is 0 Å². The van der Waals surface area contributed by atoms with E-state index in [-0.39, 0.29) is 0 Å². The summed E-state index contributed by atoms with van der Waals surface area (Å²) in [5.74, 6) is 0. The first-order valence-corrected chi connectivity index (χ1v) is 8.18. The summed E-state index contributed by atoms with van der Waals surface area (Å²) in [6.45, 7) is 8.00. The lowest BCUT2D eigenvalue weighted by Gasteiger charge is -2.20. The predicted molar refractivity (Wildman–Crippen MR) is 81.0 cm³/mol. The molecular weight excluding hydrogens is 222 g/mol. The molecule has 0 saturated heterocycles. The van der Waals surface area contributed by atoms with Gasteiger partial charge in [0.2, 0.25) is 0 Å². The molecular formula is C16H35NO. The number of aliphatic hydroxyl groups excluding tert-OH is 1. The molecule has 0 saturated carbocycles. The van der Waals surface area contributed by atoms with Gasteiger partial charge in [-0.15, -0.1) is 0 Å². The van der Waals surface area contributed by atoms with E-state index in [1.807, 2.05) is 0 Å². The molecule has 110 valence electrons. The molecule has 0 amide bonds. The van der Waals surface area contributed by atoms with E-state index in [1.54, 1.807) is 0 Å². The van der Waals surface area contributed by atoms with Crippen LogP contribution in [-0.4, -0.2) is 36.2 Å². The molecule has 0 unspecified atom stereocenters. The summed E-state index contributed by atoms with van der Waals surface area (Å²) in [5.41, 5.74) is 0. The van der Waals surface area contributed by atoms with Crippen LogP contribution in [0, 0.1) is 0 Å². The first-order chi connectivity index (χ1) is 8.85. The van der Waals surface area contributed by atoms with Crippen LogP contribution in [0.2, 0.25) is 0 Å². The third-order valence-electron chi connectivity index (χ3n) is 3.57. The highest BCUT2D eigenvalue weighted by atomic mass is 16.3. The fourth-order valence-corrected chi connectivity index (χ4v) is 2.33. The van der Waals surface area contributed by atoms with E-state index in [4.69, 9.17) is 5.11 Å². The molecule has 0 aromatic carbocycles. The van der Waals surface area contributed by atoms with Crippen molar-refractivity contribution < 1.29 is 5.11 Å². The van der Waals surface area contributed by atoms with Crippen LogP contribution in [0.25, 0.3) is 0 Å². The minimum atomic E-state index is 0.306. The number of unbranched alkanes of at least 4 members (excludes halogenated alkanes) is 8. The van der Waals surface area contributed by atoms with E-state index in [2.05, 4.69) is 18.7 Å². The van der Waals surface area contributed by atoms with Gasteiger partial charge in [0.25, 0.3) is 0 Å². The highest BCUT2D eigenvalue weighted by Crippen LogP contribution is 2.09. The predicted octanol–water partition coefficient (Wildman–Crippen LogP) is 4.22. The molecule has 0 aliphatic rings. The van der Waals surface area contributed by atoms with E-state index in [0.29, 0.717) is 6.61 Å². The summed E-state index contributed by atoms with van der Waals surface area (Å²) in [5, 5.41) is 9.02. The maximum Gasteiger partial charge on any atom is 0.0558 e. The van der Waals surface area contributed by atoms with Crippen molar-refractivity contribution in [1.82, 2.24) is 4.90 Å². The minimum absolute atomic E-state index is 0.306. The zero-order valence-corrected chi connectivity index (χ0v) is 12.8. The summed E-state index contributed by atoms with van der Waals surface area (Å²) in [4.78, 5) is 2.42. The molecule has 0 fully saturated rings. The number of nitrogens with zero attached hydrogens (tertiary/aromatic N) is 1. The summed E-state index contributed by atoms with van der Waals surface area (Å²) >= 11 is 0. The third kappa shape index (κ3) is 12.4. The SMILES string of the molecule is CCCCCCCCCCN(CCO)CCCC. The van der Waals surface area contributed by atoms with Crippen molar-refractivity contribution in [2.45, 2.75) is 78.1 Å². The molecule has 0 aliphatic carbocycles. The van der Waals surface area contributed by atoms with E-state index in [0.717, 1.165) is 13.1 Å². The maximum absolute atomic E-state index is 9.02. The van der Waals surface area contributed by atoms with Crippen molar-refractivity contribution >= 4 is 0 Å².